The van der Waals surface area contributed by atoms with Gasteiger partial charge in [0.25, 0.3) is 0 Å². The van der Waals surface area contributed by atoms with E-state index in [9.17, 15) is 14.7 Å². The van der Waals surface area contributed by atoms with Crippen molar-refractivity contribution in [2.75, 3.05) is 5.32 Å². The molecule has 192 valence electrons. The van der Waals surface area contributed by atoms with Gasteiger partial charge in [0.15, 0.2) is 5.76 Å². The van der Waals surface area contributed by atoms with Gasteiger partial charge in [0, 0.05) is 5.56 Å². The van der Waals surface area contributed by atoms with Crippen LogP contribution >= 0.6 is 0 Å². The van der Waals surface area contributed by atoms with Gasteiger partial charge in [0.05, 0.1) is 5.41 Å². The maximum absolute atomic E-state index is 12.9. The number of fused-ring (bicyclic) bond motifs is 1. The molecule has 1 amide bonds. The number of carbonyl (C=O) groups excluding carboxylic acids is 1. The molecule has 38 heavy (non-hydrogen) atoms. The van der Waals surface area contributed by atoms with Gasteiger partial charge in [-0.05, 0) is 66.8 Å². The monoisotopic (exact) mass is 508 g/mol. The number of carboxylic acids is 1. The smallest absolute Gasteiger partial charge is 0.412 e. The number of aliphatic carboxylic acids is 1. The van der Waals surface area contributed by atoms with E-state index in [2.05, 4.69) is 16.5 Å². The van der Waals surface area contributed by atoms with Gasteiger partial charge in [-0.2, -0.15) is 0 Å². The molecule has 0 saturated heterocycles. The molecule has 1 atom stereocenters. The van der Waals surface area contributed by atoms with Gasteiger partial charge >= 0.3 is 12.1 Å². The molecule has 0 bridgehead atoms. The summed E-state index contributed by atoms with van der Waals surface area (Å²) >= 11 is 0. The average molecular weight is 509 g/mol. The summed E-state index contributed by atoms with van der Waals surface area (Å²) in [6.45, 7) is 1.78. The summed E-state index contributed by atoms with van der Waals surface area (Å²) in [6.07, 6.45) is 3.32. The normalized spacial score (nSPS) is 17.3. The molecule has 1 heterocycles. The van der Waals surface area contributed by atoms with Crippen LogP contribution in [0.15, 0.2) is 77.3 Å². The second-order valence-corrected chi connectivity index (χ2v) is 10.1. The number of carbonyl (C=O) groups is 2. The molecule has 7 nitrogen and oxygen atoms in total. The number of nitrogens with zero attached hydrogens (tertiary/aromatic N) is 1. The van der Waals surface area contributed by atoms with Crippen molar-refractivity contribution in [3.8, 4) is 22.5 Å². The maximum atomic E-state index is 12.9. The molecule has 2 aliphatic rings. The Labute approximate surface area is 220 Å². The van der Waals surface area contributed by atoms with Crippen LogP contribution in [0.4, 0.5) is 10.5 Å². The molecule has 0 aliphatic heterocycles. The lowest BCUT2D eigenvalue weighted by Gasteiger charge is -2.25. The van der Waals surface area contributed by atoms with Crippen LogP contribution in [0.25, 0.3) is 22.5 Å². The van der Waals surface area contributed by atoms with Crippen molar-refractivity contribution >= 4 is 17.7 Å². The van der Waals surface area contributed by atoms with E-state index in [-0.39, 0.29) is 6.10 Å². The number of ether oxygens (including phenoxy) is 1. The number of aryl methyl sites for hydroxylation is 2. The summed E-state index contributed by atoms with van der Waals surface area (Å²) < 4.78 is 11.4. The standard InChI is InChI=1S/C31H28N2O5/c1-19-27(32-30(36)37-26-8-4-6-22-5-2-3-7-25(22)26)28(38-33-19)23-11-9-20(10-12-23)21-13-15-24(16-14-21)31(17-18-31)29(34)35/h2-3,5,7,9-16,26H,4,6,8,17-18H2,1H3,(H,32,36)(H,34,35)/t26-/m1/s1. The number of carboxylic acid groups (broad SMARTS) is 1. The van der Waals surface area contributed by atoms with Crippen LogP contribution in [0.3, 0.4) is 0 Å². The molecule has 7 heteroatoms. The molecule has 1 aromatic heterocycles. The lowest BCUT2D eigenvalue weighted by atomic mass is 9.89. The van der Waals surface area contributed by atoms with Crippen molar-refractivity contribution in [3.63, 3.8) is 0 Å². The van der Waals surface area contributed by atoms with Crippen molar-refractivity contribution in [2.24, 2.45) is 0 Å². The van der Waals surface area contributed by atoms with Crippen LogP contribution in [0.1, 0.15) is 54.2 Å². The predicted octanol–water partition coefficient (Wildman–Crippen LogP) is 7.06. The quantitative estimate of drug-likeness (QED) is 0.289. The predicted molar refractivity (Wildman–Crippen MR) is 143 cm³/mol. The molecule has 0 unspecified atom stereocenters. The van der Waals surface area contributed by atoms with Crippen molar-refractivity contribution in [2.45, 2.75) is 50.5 Å². The number of hydrogen-bond donors (Lipinski definition) is 2. The SMILES string of the molecule is Cc1noc(-c2ccc(-c3ccc(C4(C(=O)O)CC4)cc3)cc2)c1NC(=O)O[C@@H]1CCCc2ccccc21. The highest BCUT2D eigenvalue weighted by atomic mass is 16.6. The van der Waals surface area contributed by atoms with Gasteiger partial charge < -0.3 is 14.4 Å². The van der Waals surface area contributed by atoms with Gasteiger partial charge in [0.1, 0.15) is 17.5 Å². The average Bonchev–Trinajstić information content (AvgIpc) is 3.68. The Morgan fingerprint density at radius 3 is 2.32 bits per heavy atom. The highest BCUT2D eigenvalue weighted by Gasteiger charge is 2.51. The second-order valence-electron chi connectivity index (χ2n) is 10.1. The molecule has 1 saturated carbocycles. The van der Waals surface area contributed by atoms with E-state index < -0.39 is 17.5 Å². The van der Waals surface area contributed by atoms with E-state index in [0.717, 1.165) is 47.1 Å². The molecule has 4 aromatic rings. The van der Waals surface area contributed by atoms with Gasteiger partial charge in [-0.3, -0.25) is 10.1 Å². The van der Waals surface area contributed by atoms with E-state index in [0.29, 0.717) is 30.0 Å². The number of aromatic nitrogens is 1. The summed E-state index contributed by atoms with van der Waals surface area (Å²) in [7, 11) is 0. The van der Waals surface area contributed by atoms with Crippen LogP contribution in [-0.4, -0.2) is 22.3 Å². The van der Waals surface area contributed by atoms with Crippen LogP contribution in [0.2, 0.25) is 0 Å². The Hall–Kier alpha value is -4.39. The maximum Gasteiger partial charge on any atom is 0.412 e. The van der Waals surface area contributed by atoms with Crippen molar-refractivity contribution in [3.05, 3.63) is 95.2 Å². The summed E-state index contributed by atoms with van der Waals surface area (Å²) in [6, 6.07) is 23.6. The zero-order valence-electron chi connectivity index (χ0n) is 21.1. The third-order valence-electron chi connectivity index (χ3n) is 7.73. The summed E-state index contributed by atoms with van der Waals surface area (Å²) in [5, 5.41) is 16.5. The van der Waals surface area contributed by atoms with Gasteiger partial charge in [-0.25, -0.2) is 4.79 Å². The van der Waals surface area contributed by atoms with E-state index in [1.165, 1.54) is 5.56 Å². The number of hydrogen-bond acceptors (Lipinski definition) is 5. The zero-order valence-corrected chi connectivity index (χ0v) is 21.1. The fourth-order valence-corrected chi connectivity index (χ4v) is 5.35. The van der Waals surface area contributed by atoms with Crippen LogP contribution in [-0.2, 0) is 21.4 Å². The topological polar surface area (TPSA) is 102 Å². The first-order valence-corrected chi connectivity index (χ1v) is 12.9. The Kier molecular flexibility index (Phi) is 5.98. The Morgan fingerprint density at radius 1 is 0.974 bits per heavy atom. The van der Waals surface area contributed by atoms with Crippen molar-refractivity contribution in [1.29, 1.82) is 0 Å². The highest BCUT2D eigenvalue weighted by molar-refractivity contribution is 5.91. The van der Waals surface area contributed by atoms with Crippen LogP contribution in [0.5, 0.6) is 0 Å². The van der Waals surface area contributed by atoms with Crippen molar-refractivity contribution < 1.29 is 24.0 Å². The van der Waals surface area contributed by atoms with E-state index >= 15 is 0 Å². The highest BCUT2D eigenvalue weighted by Crippen LogP contribution is 2.48. The third-order valence-corrected chi connectivity index (χ3v) is 7.73. The number of nitrogens with one attached hydrogen (secondary N) is 1. The largest absolute Gasteiger partial charge is 0.481 e. The lowest BCUT2D eigenvalue weighted by Crippen LogP contribution is -2.21. The molecular weight excluding hydrogens is 480 g/mol. The second kappa shape index (κ2) is 9.49. The molecular formula is C31H28N2O5. The van der Waals surface area contributed by atoms with E-state index in [4.69, 9.17) is 9.26 Å². The Balaban J connectivity index is 1.17. The van der Waals surface area contributed by atoms with Gasteiger partial charge in [-0.15, -0.1) is 0 Å². The van der Waals surface area contributed by atoms with Gasteiger partial charge in [0.2, 0.25) is 0 Å². The van der Waals surface area contributed by atoms with Crippen molar-refractivity contribution in [1.82, 2.24) is 5.16 Å². The number of rotatable bonds is 6. The molecule has 3 aromatic carbocycles. The molecule has 2 N–H and O–H groups in total. The van der Waals surface area contributed by atoms with Crippen LogP contribution < -0.4 is 5.32 Å². The molecule has 6 rings (SSSR count). The Morgan fingerprint density at radius 2 is 1.63 bits per heavy atom. The summed E-state index contributed by atoms with van der Waals surface area (Å²) in [5.41, 5.74) is 6.22. The lowest BCUT2D eigenvalue weighted by molar-refractivity contribution is -0.140. The minimum absolute atomic E-state index is 0.278. The minimum Gasteiger partial charge on any atom is -0.481 e. The summed E-state index contributed by atoms with van der Waals surface area (Å²) in [4.78, 5) is 24.5. The van der Waals surface area contributed by atoms with E-state index in [1.807, 2.05) is 66.7 Å². The summed E-state index contributed by atoms with van der Waals surface area (Å²) in [5.74, 6) is -0.295. The Bertz CT molecular complexity index is 1500. The molecule has 2 aliphatic carbocycles. The first-order valence-electron chi connectivity index (χ1n) is 12.9. The van der Waals surface area contributed by atoms with Crippen LogP contribution in [0, 0.1) is 6.92 Å². The first-order chi connectivity index (χ1) is 18.4. The number of anilines is 1. The van der Waals surface area contributed by atoms with E-state index in [1.54, 1.807) is 6.92 Å². The minimum atomic E-state index is -0.756. The zero-order chi connectivity index (χ0) is 26.3. The number of benzene rings is 3. The third kappa shape index (κ3) is 4.34. The fourth-order valence-electron chi connectivity index (χ4n) is 5.35. The fraction of sp³-hybridized carbons (Fsp3) is 0.258. The molecule has 0 spiro atoms. The molecule has 0 radical (unpaired) electrons. The first kappa shape index (κ1) is 24.0. The number of amides is 1. The van der Waals surface area contributed by atoms with Gasteiger partial charge in [-0.1, -0.05) is 78.0 Å². The molecule has 1 fully saturated rings.